The first-order valence-electron chi connectivity index (χ1n) is 7.03. The van der Waals surface area contributed by atoms with Gasteiger partial charge in [-0.3, -0.25) is 9.69 Å². The molecular formula is C14H21N3O3S. The molecule has 0 radical (unpaired) electrons. The molecule has 1 N–H and O–H groups in total. The van der Waals surface area contributed by atoms with Crippen LogP contribution >= 0.6 is 12.2 Å². The highest BCUT2D eigenvalue weighted by atomic mass is 32.1. The van der Waals surface area contributed by atoms with E-state index in [1.807, 2.05) is 12.1 Å². The van der Waals surface area contributed by atoms with E-state index in [0.29, 0.717) is 5.11 Å². The number of rotatable bonds is 4. The molecule has 0 unspecified atom stereocenters. The molecule has 1 fully saturated rings. The first-order valence-corrected chi connectivity index (χ1v) is 7.44. The molecule has 0 saturated carbocycles. The second-order valence-electron chi connectivity index (χ2n) is 4.93. The Morgan fingerprint density at radius 2 is 2.29 bits per heavy atom. The minimum atomic E-state index is -0.313. The number of nitrogens with zero attached hydrogens (tertiary/aromatic N) is 2. The van der Waals surface area contributed by atoms with Crippen molar-refractivity contribution >= 4 is 23.3 Å². The van der Waals surface area contributed by atoms with E-state index in [1.54, 1.807) is 6.26 Å². The van der Waals surface area contributed by atoms with Gasteiger partial charge in [-0.25, -0.2) is 0 Å². The van der Waals surface area contributed by atoms with Crippen LogP contribution in [0.3, 0.4) is 0 Å². The average Bonchev–Trinajstić information content (AvgIpc) is 2.89. The molecule has 1 aliphatic heterocycles. The average molecular weight is 311 g/mol. The van der Waals surface area contributed by atoms with Crippen molar-refractivity contribution in [2.75, 3.05) is 39.8 Å². The first kappa shape index (κ1) is 15.8. The second-order valence-corrected chi connectivity index (χ2v) is 5.32. The summed E-state index contributed by atoms with van der Waals surface area (Å²) in [5.74, 6) is 0.668. The largest absolute Gasteiger partial charge is 0.468 e. The predicted octanol–water partition coefficient (Wildman–Crippen LogP) is 0.835. The predicted molar refractivity (Wildman–Crippen MR) is 82.8 cm³/mol. The molecule has 2 heterocycles. The summed E-state index contributed by atoms with van der Waals surface area (Å²) in [5.41, 5.74) is 0. The molecule has 0 amide bonds. The summed E-state index contributed by atoms with van der Waals surface area (Å²) >= 11 is 5.33. The molecular weight excluding hydrogens is 290 g/mol. The Hall–Kier alpha value is -1.60. The van der Waals surface area contributed by atoms with Crippen LogP contribution in [0.15, 0.2) is 22.8 Å². The van der Waals surface area contributed by atoms with Crippen LogP contribution in [-0.4, -0.2) is 60.7 Å². The lowest BCUT2D eigenvalue weighted by atomic mass is 10.3. The monoisotopic (exact) mass is 311 g/mol. The van der Waals surface area contributed by atoms with Crippen molar-refractivity contribution < 1.29 is 13.9 Å². The van der Waals surface area contributed by atoms with Gasteiger partial charge in [0.15, 0.2) is 5.11 Å². The highest BCUT2D eigenvalue weighted by molar-refractivity contribution is 7.80. The summed E-state index contributed by atoms with van der Waals surface area (Å²) in [6.07, 6.45) is 2.73. The summed E-state index contributed by atoms with van der Waals surface area (Å²) in [6.45, 7) is 4.60. The van der Waals surface area contributed by atoms with Gasteiger partial charge in [-0.2, -0.15) is 0 Å². The number of carbonyl (C=O) groups is 1. The fraction of sp³-hybridized carbons (Fsp3) is 0.571. The third kappa shape index (κ3) is 5.02. The Morgan fingerprint density at radius 1 is 1.43 bits per heavy atom. The zero-order valence-electron chi connectivity index (χ0n) is 12.2. The van der Waals surface area contributed by atoms with Crippen LogP contribution in [0.5, 0.6) is 0 Å². The number of thiocarbonyl (C=S) groups is 1. The molecule has 116 valence electrons. The number of methoxy groups -OCH3 is 1. The van der Waals surface area contributed by atoms with Crippen LogP contribution in [0, 0.1) is 0 Å². The Morgan fingerprint density at radius 3 is 3.00 bits per heavy atom. The molecule has 1 saturated heterocycles. The number of ether oxygens (including phenoxy) is 1. The Bertz CT molecular complexity index is 464. The topological polar surface area (TPSA) is 58.0 Å². The van der Waals surface area contributed by atoms with E-state index in [9.17, 15) is 4.79 Å². The molecule has 1 aromatic heterocycles. The van der Waals surface area contributed by atoms with Gasteiger partial charge >= 0.3 is 5.97 Å². The van der Waals surface area contributed by atoms with Crippen molar-refractivity contribution in [3.63, 3.8) is 0 Å². The molecule has 0 bridgehead atoms. The maximum Gasteiger partial charge on any atom is 0.325 e. The zero-order valence-corrected chi connectivity index (χ0v) is 13.0. The first-order chi connectivity index (χ1) is 10.2. The minimum Gasteiger partial charge on any atom is -0.468 e. The highest BCUT2D eigenvalue weighted by Crippen LogP contribution is 2.09. The van der Waals surface area contributed by atoms with E-state index in [4.69, 9.17) is 16.6 Å². The van der Waals surface area contributed by atoms with Crippen molar-refractivity contribution in [1.29, 1.82) is 0 Å². The van der Waals surface area contributed by atoms with Gasteiger partial charge in [0.1, 0.15) is 12.3 Å². The van der Waals surface area contributed by atoms with Gasteiger partial charge in [0.2, 0.25) is 0 Å². The van der Waals surface area contributed by atoms with E-state index < -0.39 is 0 Å². The molecule has 1 aromatic rings. The molecule has 0 spiro atoms. The third-order valence-electron chi connectivity index (χ3n) is 3.45. The van der Waals surface area contributed by atoms with Gasteiger partial charge in [-0.05, 0) is 30.8 Å². The lowest BCUT2D eigenvalue weighted by Gasteiger charge is -2.24. The fourth-order valence-corrected chi connectivity index (χ4v) is 2.54. The Labute approximate surface area is 130 Å². The van der Waals surface area contributed by atoms with E-state index in [2.05, 4.69) is 19.9 Å². The summed E-state index contributed by atoms with van der Waals surface area (Å²) < 4.78 is 9.97. The summed E-state index contributed by atoms with van der Waals surface area (Å²) in [7, 11) is 1.37. The molecule has 7 heteroatoms. The standard InChI is InChI=1S/C14H21N3O3S/c1-19-13(18)10-15-14(21)17-6-3-5-16(7-8-17)11-12-4-2-9-20-12/h2,4,9H,3,5-8,10-11H2,1H3,(H,15,21). The van der Waals surface area contributed by atoms with Crippen LogP contribution < -0.4 is 5.32 Å². The van der Waals surface area contributed by atoms with Gasteiger partial charge in [0.05, 0.1) is 19.9 Å². The number of hydrogen-bond donors (Lipinski definition) is 1. The summed E-state index contributed by atoms with van der Waals surface area (Å²) in [4.78, 5) is 15.6. The lowest BCUT2D eigenvalue weighted by molar-refractivity contribution is -0.139. The number of esters is 1. The smallest absolute Gasteiger partial charge is 0.325 e. The van der Waals surface area contributed by atoms with Gasteiger partial charge in [0, 0.05) is 26.2 Å². The quantitative estimate of drug-likeness (QED) is 0.653. The van der Waals surface area contributed by atoms with Crippen molar-refractivity contribution in [3.05, 3.63) is 24.2 Å². The van der Waals surface area contributed by atoms with Crippen LogP contribution in [0.4, 0.5) is 0 Å². The van der Waals surface area contributed by atoms with Crippen LogP contribution in [-0.2, 0) is 16.1 Å². The number of furan rings is 1. The molecule has 0 aliphatic carbocycles. The van der Waals surface area contributed by atoms with Crippen molar-refractivity contribution in [2.24, 2.45) is 0 Å². The van der Waals surface area contributed by atoms with E-state index in [0.717, 1.165) is 44.9 Å². The maximum absolute atomic E-state index is 11.1. The normalized spacial score (nSPS) is 16.3. The van der Waals surface area contributed by atoms with Crippen LogP contribution in [0.1, 0.15) is 12.2 Å². The number of hydrogen-bond acceptors (Lipinski definition) is 5. The number of carbonyl (C=O) groups excluding carboxylic acids is 1. The maximum atomic E-state index is 11.1. The van der Waals surface area contributed by atoms with Crippen LogP contribution in [0.25, 0.3) is 0 Å². The zero-order chi connectivity index (χ0) is 15.1. The van der Waals surface area contributed by atoms with Crippen molar-refractivity contribution in [1.82, 2.24) is 15.1 Å². The molecule has 2 rings (SSSR count). The lowest BCUT2D eigenvalue weighted by Crippen LogP contribution is -2.43. The van der Waals surface area contributed by atoms with Gasteiger partial charge < -0.3 is 19.4 Å². The summed E-state index contributed by atoms with van der Waals surface area (Å²) in [6, 6.07) is 3.90. The van der Waals surface area contributed by atoms with E-state index >= 15 is 0 Å². The van der Waals surface area contributed by atoms with Crippen LogP contribution in [0.2, 0.25) is 0 Å². The third-order valence-corrected chi connectivity index (χ3v) is 3.85. The minimum absolute atomic E-state index is 0.113. The van der Waals surface area contributed by atoms with Gasteiger partial charge in [-0.15, -0.1) is 0 Å². The Kier molecular flexibility index (Phi) is 6.01. The summed E-state index contributed by atoms with van der Waals surface area (Å²) in [5, 5.41) is 3.55. The highest BCUT2D eigenvalue weighted by Gasteiger charge is 2.18. The van der Waals surface area contributed by atoms with Crippen molar-refractivity contribution in [2.45, 2.75) is 13.0 Å². The molecule has 0 atom stereocenters. The van der Waals surface area contributed by atoms with Gasteiger partial charge in [-0.1, -0.05) is 0 Å². The van der Waals surface area contributed by atoms with E-state index in [1.165, 1.54) is 7.11 Å². The van der Waals surface area contributed by atoms with Crippen molar-refractivity contribution in [3.8, 4) is 0 Å². The molecule has 21 heavy (non-hydrogen) atoms. The second kappa shape index (κ2) is 7.99. The van der Waals surface area contributed by atoms with Gasteiger partial charge in [0.25, 0.3) is 0 Å². The molecule has 6 nitrogen and oxygen atoms in total. The van der Waals surface area contributed by atoms with E-state index in [-0.39, 0.29) is 12.5 Å². The number of nitrogens with one attached hydrogen (secondary N) is 1. The Balaban J connectivity index is 1.77. The fourth-order valence-electron chi connectivity index (χ4n) is 2.29. The SMILES string of the molecule is COC(=O)CNC(=S)N1CCCN(Cc2ccco2)CC1. The molecule has 1 aliphatic rings. The molecule has 0 aromatic carbocycles.